The van der Waals surface area contributed by atoms with Crippen LogP contribution < -0.4 is 5.32 Å². The number of thiazole rings is 1. The number of carbonyl (C=O) groups is 4. The lowest BCUT2D eigenvalue weighted by atomic mass is 10.1. The van der Waals surface area contributed by atoms with Gasteiger partial charge in [-0.15, -0.1) is 23.1 Å². The van der Waals surface area contributed by atoms with E-state index in [0.717, 1.165) is 22.9 Å². The van der Waals surface area contributed by atoms with E-state index in [1.807, 2.05) is 11.5 Å². The van der Waals surface area contributed by atoms with Crippen LogP contribution in [0.4, 0.5) is 0 Å². The summed E-state index contributed by atoms with van der Waals surface area (Å²) in [7, 11) is 0. The molecule has 9 nitrogen and oxygen atoms in total. The summed E-state index contributed by atoms with van der Waals surface area (Å²) in [4.78, 5) is 62.2. The van der Waals surface area contributed by atoms with Crippen molar-refractivity contribution in [2.45, 2.75) is 95.9 Å². The predicted octanol–water partition coefficient (Wildman–Crippen LogP) is 4.49. The Morgan fingerprint density at radius 1 is 1.25 bits per heavy atom. The van der Waals surface area contributed by atoms with Crippen LogP contribution >= 0.6 is 34.9 Å². The van der Waals surface area contributed by atoms with Gasteiger partial charge in [-0.3, -0.25) is 19.4 Å². The van der Waals surface area contributed by atoms with Gasteiger partial charge < -0.3 is 15.0 Å². The van der Waals surface area contributed by atoms with Crippen molar-refractivity contribution in [3.8, 4) is 0 Å². The normalized spacial score (nSPS) is 23.7. The molecule has 1 N–H and O–H groups in total. The maximum absolute atomic E-state index is 13.3. The molecule has 3 atom stereocenters. The number of hydrogen-bond donors (Lipinski definition) is 1. The second kappa shape index (κ2) is 15.7. The Balaban J connectivity index is 1.37. The van der Waals surface area contributed by atoms with Crippen molar-refractivity contribution in [1.29, 1.82) is 0 Å². The molecular formula is C28H38N4O5S3. The third-order valence-electron chi connectivity index (χ3n) is 6.99. The van der Waals surface area contributed by atoms with Crippen LogP contribution in [0.25, 0.3) is 0 Å². The van der Waals surface area contributed by atoms with E-state index in [0.29, 0.717) is 49.4 Å². The van der Waals surface area contributed by atoms with Crippen LogP contribution in [0.15, 0.2) is 22.5 Å². The summed E-state index contributed by atoms with van der Waals surface area (Å²) in [6.07, 6.45) is 10.9. The molecule has 0 aliphatic carbocycles. The Labute approximate surface area is 248 Å². The zero-order chi connectivity index (χ0) is 28.3. The number of allylic oxidation sites excluding steroid dienone is 1. The molecule has 218 valence electrons. The summed E-state index contributed by atoms with van der Waals surface area (Å²) in [5.74, 6) is 0.231. The van der Waals surface area contributed by atoms with Crippen LogP contribution in [0.5, 0.6) is 0 Å². The first-order valence-corrected chi connectivity index (χ1v) is 17.0. The first-order valence-electron chi connectivity index (χ1n) is 14.2. The summed E-state index contributed by atoms with van der Waals surface area (Å²) in [5, 5.41) is 6.43. The summed E-state index contributed by atoms with van der Waals surface area (Å²) in [5.41, 5.74) is 0.715. The van der Waals surface area contributed by atoms with Gasteiger partial charge in [0, 0.05) is 29.9 Å². The van der Waals surface area contributed by atoms with Crippen molar-refractivity contribution in [3.05, 3.63) is 28.2 Å². The van der Waals surface area contributed by atoms with Gasteiger partial charge in [-0.1, -0.05) is 50.4 Å². The van der Waals surface area contributed by atoms with E-state index in [1.165, 1.54) is 54.1 Å². The van der Waals surface area contributed by atoms with E-state index in [-0.39, 0.29) is 29.9 Å². The van der Waals surface area contributed by atoms with Crippen molar-refractivity contribution in [2.75, 3.05) is 18.1 Å². The fourth-order valence-corrected chi connectivity index (χ4v) is 7.39. The van der Waals surface area contributed by atoms with Crippen LogP contribution in [0.3, 0.4) is 0 Å². The van der Waals surface area contributed by atoms with E-state index in [9.17, 15) is 19.2 Å². The molecule has 0 radical (unpaired) electrons. The van der Waals surface area contributed by atoms with Crippen LogP contribution in [0.2, 0.25) is 0 Å². The number of rotatable bonds is 10. The summed E-state index contributed by atoms with van der Waals surface area (Å²) in [6.45, 7) is 2.92. The Bertz CT molecular complexity index is 1120. The topological polar surface area (TPSA) is 118 Å². The highest BCUT2D eigenvalue weighted by Crippen LogP contribution is 2.29. The lowest BCUT2D eigenvalue weighted by Crippen LogP contribution is -2.46. The zero-order valence-corrected chi connectivity index (χ0v) is 25.4. The fourth-order valence-electron chi connectivity index (χ4n) is 4.84. The standard InChI is InChI=1S/C28H38N4O5S3/c1-2-3-4-5-6-12-25(34)38-14-8-7-10-19-15-23(33)29-16-24-30-20(17-39-24)26-31-21(18-40-26)27(35)32-13-9-11-22(32)28(36)37-19/h7,10,17,19,21-22H,2-6,8-9,11-16,18H2,1H3,(H,29,33)/b10-7+/t19-,21+,22+/m1/s1. The molecule has 1 fully saturated rings. The minimum absolute atomic E-state index is 0.0316. The van der Waals surface area contributed by atoms with E-state index in [4.69, 9.17) is 4.74 Å². The van der Waals surface area contributed by atoms with E-state index in [1.54, 1.807) is 11.0 Å². The molecule has 3 aliphatic heterocycles. The van der Waals surface area contributed by atoms with Gasteiger partial charge in [0.25, 0.3) is 0 Å². The third kappa shape index (κ3) is 8.91. The number of unbranched alkanes of at least 4 members (excludes halogenated alkanes) is 4. The van der Waals surface area contributed by atoms with Gasteiger partial charge in [-0.2, -0.15) is 0 Å². The molecule has 40 heavy (non-hydrogen) atoms. The minimum Gasteiger partial charge on any atom is -0.456 e. The molecule has 1 aromatic heterocycles. The number of ether oxygens (including phenoxy) is 1. The molecule has 0 aromatic carbocycles. The lowest BCUT2D eigenvalue weighted by Gasteiger charge is -2.26. The molecule has 4 heterocycles. The first kappa shape index (κ1) is 30.8. The van der Waals surface area contributed by atoms with Gasteiger partial charge in [0.2, 0.25) is 11.8 Å². The quantitative estimate of drug-likeness (QED) is 0.235. The average molecular weight is 607 g/mol. The van der Waals surface area contributed by atoms with E-state index < -0.39 is 24.2 Å². The van der Waals surface area contributed by atoms with E-state index in [2.05, 4.69) is 22.2 Å². The zero-order valence-electron chi connectivity index (χ0n) is 23.0. The van der Waals surface area contributed by atoms with Crippen LogP contribution in [-0.2, 0) is 30.5 Å². The van der Waals surface area contributed by atoms with Crippen molar-refractivity contribution >= 4 is 62.8 Å². The molecule has 1 saturated heterocycles. The Morgan fingerprint density at radius 3 is 2.95 bits per heavy atom. The maximum atomic E-state index is 13.3. The summed E-state index contributed by atoms with van der Waals surface area (Å²) in [6, 6.07) is -1.22. The van der Waals surface area contributed by atoms with Gasteiger partial charge in [-0.25, -0.2) is 9.78 Å². The van der Waals surface area contributed by atoms with Gasteiger partial charge >= 0.3 is 5.97 Å². The van der Waals surface area contributed by atoms with Gasteiger partial charge in [0.05, 0.1) is 13.0 Å². The second-order valence-electron chi connectivity index (χ2n) is 10.1. The van der Waals surface area contributed by atoms with E-state index >= 15 is 0 Å². The predicted molar refractivity (Wildman–Crippen MR) is 161 cm³/mol. The number of nitrogens with one attached hydrogen (secondary N) is 1. The highest BCUT2D eigenvalue weighted by molar-refractivity contribution is 8.14. The molecule has 1 aromatic rings. The molecule has 12 heteroatoms. The van der Waals surface area contributed by atoms with Crippen molar-refractivity contribution in [3.63, 3.8) is 0 Å². The average Bonchev–Trinajstić information content (AvgIpc) is 3.71. The van der Waals surface area contributed by atoms with Crippen molar-refractivity contribution in [1.82, 2.24) is 15.2 Å². The van der Waals surface area contributed by atoms with Gasteiger partial charge in [-0.05, 0) is 31.8 Å². The number of aromatic nitrogens is 1. The SMILES string of the molecule is CCCCCCCC(=O)SCC/C=C/[C@@H]1CC(=O)NCc2nc(cs2)C2=N[C@@H](CS2)C(=O)N2CCC[C@H]2C(=O)O1. The highest BCUT2D eigenvalue weighted by atomic mass is 32.2. The van der Waals surface area contributed by atoms with Crippen molar-refractivity contribution < 1.29 is 23.9 Å². The second-order valence-corrected chi connectivity index (χ2v) is 13.2. The monoisotopic (exact) mass is 606 g/mol. The molecule has 0 unspecified atom stereocenters. The number of thioether (sulfide) groups is 2. The minimum atomic E-state index is -0.768. The summed E-state index contributed by atoms with van der Waals surface area (Å²) >= 11 is 4.25. The molecule has 0 spiro atoms. The number of carbonyl (C=O) groups excluding carboxylic acids is 4. The Morgan fingerprint density at radius 2 is 2.10 bits per heavy atom. The molecule has 3 aliphatic rings. The number of amides is 2. The van der Waals surface area contributed by atoms with Gasteiger partial charge in [0.15, 0.2) is 5.12 Å². The maximum Gasteiger partial charge on any atom is 0.329 e. The number of esters is 1. The third-order valence-corrected chi connectivity index (χ3v) is 9.87. The molecule has 4 bridgehead atoms. The Hall–Kier alpha value is -2.18. The number of nitrogens with zero attached hydrogens (tertiary/aromatic N) is 3. The smallest absolute Gasteiger partial charge is 0.329 e. The Kier molecular flexibility index (Phi) is 12.1. The first-order chi connectivity index (χ1) is 19.4. The largest absolute Gasteiger partial charge is 0.456 e. The lowest BCUT2D eigenvalue weighted by molar-refractivity contribution is -0.157. The van der Waals surface area contributed by atoms with Crippen LogP contribution in [0, 0.1) is 0 Å². The highest BCUT2D eigenvalue weighted by Gasteiger charge is 2.40. The van der Waals surface area contributed by atoms with Crippen molar-refractivity contribution in [2.24, 2.45) is 4.99 Å². The molecule has 2 amide bonds. The molecule has 4 rings (SSSR count). The fraction of sp³-hybridized carbons (Fsp3) is 0.643. The number of aliphatic imine (C=N–C) groups is 1. The van der Waals surface area contributed by atoms with Gasteiger partial charge in [0.1, 0.15) is 33.9 Å². The number of hydrogen-bond acceptors (Lipinski definition) is 10. The molecule has 0 saturated carbocycles. The number of fused-ring (bicyclic) bond motifs is 5. The van der Waals surface area contributed by atoms with Crippen LogP contribution in [0.1, 0.15) is 81.8 Å². The number of cyclic esters (lactones) is 1. The van der Waals surface area contributed by atoms with Crippen LogP contribution in [-0.4, -0.2) is 74.1 Å². The summed E-state index contributed by atoms with van der Waals surface area (Å²) < 4.78 is 5.80. The molecular weight excluding hydrogens is 569 g/mol.